The number of nitrogens with zero attached hydrogens (tertiary/aromatic N) is 3. The summed E-state index contributed by atoms with van der Waals surface area (Å²) in [5.41, 5.74) is 1.49. The molecule has 0 saturated heterocycles. The number of ether oxygens (including phenoxy) is 1. The van der Waals surface area contributed by atoms with Crippen molar-refractivity contribution >= 4 is 11.6 Å². The number of aryl methyl sites for hydroxylation is 1. The fourth-order valence-electron chi connectivity index (χ4n) is 2.58. The molecule has 22 heavy (non-hydrogen) atoms. The van der Waals surface area contributed by atoms with E-state index in [2.05, 4.69) is 15.5 Å². The third-order valence-electron chi connectivity index (χ3n) is 4.22. The van der Waals surface area contributed by atoms with Gasteiger partial charge in [0.15, 0.2) is 0 Å². The summed E-state index contributed by atoms with van der Waals surface area (Å²) in [4.78, 5) is 12.5. The monoisotopic (exact) mass is 300 g/mol. The molecule has 1 aliphatic rings. The number of amides is 1. The van der Waals surface area contributed by atoms with E-state index in [9.17, 15) is 4.79 Å². The number of rotatable bonds is 6. The average molecular weight is 300 g/mol. The van der Waals surface area contributed by atoms with Gasteiger partial charge in [-0.25, -0.2) is 0 Å². The van der Waals surface area contributed by atoms with Crippen LogP contribution in [0, 0.1) is 12.3 Å². The molecule has 0 radical (unpaired) electrons. The van der Waals surface area contributed by atoms with E-state index in [1.54, 1.807) is 13.4 Å². The maximum absolute atomic E-state index is 12.5. The van der Waals surface area contributed by atoms with Crippen LogP contribution >= 0.6 is 0 Å². The molecule has 0 unspecified atom stereocenters. The van der Waals surface area contributed by atoms with E-state index in [1.165, 1.54) is 0 Å². The molecule has 3 rings (SSSR count). The molecule has 1 aromatic heterocycles. The minimum atomic E-state index is -0.238. The second kappa shape index (κ2) is 5.88. The number of nitrogens with one attached hydrogen (secondary N) is 1. The highest BCUT2D eigenvalue weighted by Crippen LogP contribution is 2.49. The van der Waals surface area contributed by atoms with Crippen LogP contribution < -0.4 is 5.32 Å². The molecule has 1 aromatic carbocycles. The molecule has 0 aliphatic heterocycles. The number of aromatic nitrogens is 3. The zero-order valence-electron chi connectivity index (χ0n) is 12.9. The molecule has 6 heteroatoms. The van der Waals surface area contributed by atoms with Gasteiger partial charge in [0.05, 0.1) is 11.1 Å². The van der Waals surface area contributed by atoms with Gasteiger partial charge in [0, 0.05) is 19.4 Å². The molecular weight excluding hydrogens is 280 g/mol. The molecule has 1 aliphatic carbocycles. The molecule has 0 atom stereocenters. The zero-order chi connectivity index (χ0) is 15.6. The summed E-state index contributed by atoms with van der Waals surface area (Å²) in [5.74, 6) is 0.893. The van der Waals surface area contributed by atoms with Crippen molar-refractivity contribution in [3.8, 4) is 5.69 Å². The van der Waals surface area contributed by atoms with Gasteiger partial charge in [0.25, 0.3) is 0 Å². The van der Waals surface area contributed by atoms with Crippen molar-refractivity contribution in [2.24, 2.45) is 5.41 Å². The first-order valence-electron chi connectivity index (χ1n) is 7.42. The van der Waals surface area contributed by atoms with Crippen LogP contribution in [0.4, 0.5) is 5.69 Å². The van der Waals surface area contributed by atoms with Gasteiger partial charge in [-0.15, -0.1) is 10.2 Å². The number of methoxy groups -OCH3 is 1. The largest absolute Gasteiger partial charge is 0.385 e. The van der Waals surface area contributed by atoms with Crippen LogP contribution in [0.15, 0.2) is 30.6 Å². The van der Waals surface area contributed by atoms with Crippen molar-refractivity contribution in [1.29, 1.82) is 0 Å². The van der Waals surface area contributed by atoms with Crippen molar-refractivity contribution < 1.29 is 9.53 Å². The Morgan fingerprint density at radius 1 is 1.45 bits per heavy atom. The fourth-order valence-corrected chi connectivity index (χ4v) is 2.58. The maximum atomic E-state index is 12.5. The van der Waals surface area contributed by atoms with Crippen molar-refractivity contribution in [2.45, 2.75) is 26.2 Å². The number of benzene rings is 1. The Hall–Kier alpha value is -2.21. The lowest BCUT2D eigenvalue weighted by Crippen LogP contribution is -2.25. The first-order chi connectivity index (χ1) is 10.6. The van der Waals surface area contributed by atoms with E-state index in [-0.39, 0.29) is 11.3 Å². The van der Waals surface area contributed by atoms with E-state index >= 15 is 0 Å². The number of hydrogen-bond acceptors (Lipinski definition) is 4. The highest BCUT2D eigenvalue weighted by Gasteiger charge is 2.49. The summed E-state index contributed by atoms with van der Waals surface area (Å²) in [5, 5.41) is 10.9. The van der Waals surface area contributed by atoms with Crippen LogP contribution in [0.5, 0.6) is 0 Å². The Labute approximate surface area is 129 Å². The Bertz CT molecular complexity index is 676. The summed E-state index contributed by atoms with van der Waals surface area (Å²) >= 11 is 0. The molecule has 1 amide bonds. The summed E-state index contributed by atoms with van der Waals surface area (Å²) in [6.07, 6.45) is 4.32. The fraction of sp³-hybridized carbons (Fsp3) is 0.438. The standard InChI is InChI=1S/C16H20N4O2/c1-12-19-17-11-20(12)14-5-3-4-13(10-14)18-15(21)16(6-7-16)8-9-22-2/h3-5,10-11H,6-9H2,1-2H3,(H,18,21). The summed E-state index contributed by atoms with van der Waals surface area (Å²) in [7, 11) is 1.67. The van der Waals surface area contributed by atoms with Crippen LogP contribution in [-0.4, -0.2) is 34.4 Å². The van der Waals surface area contributed by atoms with Crippen LogP contribution in [0.2, 0.25) is 0 Å². The topological polar surface area (TPSA) is 69.0 Å². The lowest BCUT2D eigenvalue weighted by atomic mass is 10.0. The second-order valence-electron chi connectivity index (χ2n) is 5.78. The van der Waals surface area contributed by atoms with Gasteiger partial charge >= 0.3 is 0 Å². The number of carbonyl (C=O) groups excluding carboxylic acids is 1. The summed E-state index contributed by atoms with van der Waals surface area (Å²) < 4.78 is 6.98. The Morgan fingerprint density at radius 3 is 2.91 bits per heavy atom. The highest BCUT2D eigenvalue weighted by atomic mass is 16.5. The van der Waals surface area contributed by atoms with Crippen molar-refractivity contribution in [3.63, 3.8) is 0 Å². The lowest BCUT2D eigenvalue weighted by molar-refractivity contribution is -0.121. The van der Waals surface area contributed by atoms with Gasteiger partial charge < -0.3 is 10.1 Å². The normalized spacial score (nSPS) is 15.5. The summed E-state index contributed by atoms with van der Waals surface area (Å²) in [6.45, 7) is 2.51. The molecule has 1 heterocycles. The van der Waals surface area contributed by atoms with Gasteiger partial charge in [-0.3, -0.25) is 9.36 Å². The average Bonchev–Trinajstić information content (AvgIpc) is 3.20. The first kappa shape index (κ1) is 14.7. The molecule has 1 fully saturated rings. The van der Waals surface area contributed by atoms with Gasteiger partial charge in [-0.2, -0.15) is 0 Å². The molecular formula is C16H20N4O2. The molecule has 0 spiro atoms. The quantitative estimate of drug-likeness (QED) is 0.889. The molecule has 6 nitrogen and oxygen atoms in total. The smallest absolute Gasteiger partial charge is 0.230 e. The Kier molecular flexibility index (Phi) is 3.94. The van der Waals surface area contributed by atoms with Crippen LogP contribution in [0.25, 0.3) is 5.69 Å². The molecule has 1 N–H and O–H groups in total. The van der Waals surface area contributed by atoms with E-state index in [0.29, 0.717) is 6.61 Å². The van der Waals surface area contributed by atoms with E-state index < -0.39 is 0 Å². The van der Waals surface area contributed by atoms with Crippen molar-refractivity contribution in [3.05, 3.63) is 36.4 Å². The van der Waals surface area contributed by atoms with Crippen LogP contribution in [0.1, 0.15) is 25.1 Å². The van der Waals surface area contributed by atoms with Gasteiger partial charge in [0.1, 0.15) is 12.2 Å². The van der Waals surface area contributed by atoms with Gasteiger partial charge in [0.2, 0.25) is 5.91 Å². The maximum Gasteiger partial charge on any atom is 0.230 e. The Morgan fingerprint density at radius 2 is 2.27 bits per heavy atom. The minimum Gasteiger partial charge on any atom is -0.385 e. The van der Waals surface area contributed by atoms with Crippen LogP contribution in [0.3, 0.4) is 0 Å². The number of anilines is 1. The summed E-state index contributed by atoms with van der Waals surface area (Å²) in [6, 6.07) is 7.71. The third-order valence-corrected chi connectivity index (χ3v) is 4.22. The van der Waals surface area contributed by atoms with Gasteiger partial charge in [-0.05, 0) is 44.4 Å². The van der Waals surface area contributed by atoms with E-state index in [1.807, 2.05) is 35.8 Å². The number of carbonyl (C=O) groups is 1. The predicted molar refractivity (Wildman–Crippen MR) is 82.9 cm³/mol. The third kappa shape index (κ3) is 2.87. The highest BCUT2D eigenvalue weighted by molar-refractivity contribution is 5.97. The molecule has 2 aromatic rings. The minimum absolute atomic E-state index is 0.0854. The zero-order valence-corrected chi connectivity index (χ0v) is 12.9. The van der Waals surface area contributed by atoms with Gasteiger partial charge in [-0.1, -0.05) is 6.07 Å². The molecule has 116 valence electrons. The predicted octanol–water partition coefficient (Wildman–Crippen LogP) is 2.33. The van der Waals surface area contributed by atoms with Crippen LogP contribution in [-0.2, 0) is 9.53 Å². The van der Waals surface area contributed by atoms with Crippen molar-refractivity contribution in [1.82, 2.24) is 14.8 Å². The second-order valence-corrected chi connectivity index (χ2v) is 5.78. The van der Waals surface area contributed by atoms with Crippen molar-refractivity contribution in [2.75, 3.05) is 19.0 Å². The first-order valence-corrected chi connectivity index (χ1v) is 7.42. The Balaban J connectivity index is 1.74. The lowest BCUT2D eigenvalue weighted by Gasteiger charge is -2.15. The molecule has 0 bridgehead atoms. The SMILES string of the molecule is COCCC1(C(=O)Nc2cccc(-n3cnnc3C)c2)CC1. The molecule has 1 saturated carbocycles. The number of hydrogen-bond donors (Lipinski definition) is 1. The van der Waals surface area contributed by atoms with E-state index in [4.69, 9.17) is 4.74 Å². The van der Waals surface area contributed by atoms with E-state index in [0.717, 1.165) is 36.5 Å².